The highest BCUT2D eigenvalue weighted by Crippen LogP contribution is 2.38. The summed E-state index contributed by atoms with van der Waals surface area (Å²) >= 11 is 0. The van der Waals surface area contributed by atoms with Crippen LogP contribution in [-0.4, -0.2) is 21.6 Å². The maximum Gasteiger partial charge on any atom is 0.244 e. The second kappa shape index (κ2) is 5.26. The van der Waals surface area contributed by atoms with Gasteiger partial charge in [-0.15, -0.1) is 0 Å². The van der Waals surface area contributed by atoms with Gasteiger partial charge in [-0.2, -0.15) is 0 Å². The van der Waals surface area contributed by atoms with Gasteiger partial charge in [0.1, 0.15) is 10.6 Å². The number of sulfonamides is 1. The normalized spacial score (nSPS) is 21.9. The van der Waals surface area contributed by atoms with Crippen LogP contribution in [0.25, 0.3) is 0 Å². The topological polar surface area (TPSA) is 81.4 Å². The first-order valence-electron chi connectivity index (χ1n) is 6.69. The van der Waals surface area contributed by atoms with Crippen LogP contribution in [0.1, 0.15) is 33.1 Å². The zero-order chi connectivity index (χ0) is 15.0. The molecular formula is C14H22N2O3S. The van der Waals surface area contributed by atoms with Gasteiger partial charge in [-0.1, -0.05) is 13.8 Å². The van der Waals surface area contributed by atoms with Crippen LogP contribution in [0, 0.1) is 5.41 Å². The van der Waals surface area contributed by atoms with Gasteiger partial charge in [0.15, 0.2) is 0 Å². The molecule has 0 aromatic heterocycles. The number of anilines is 1. The lowest BCUT2D eigenvalue weighted by atomic mass is 9.92. The molecule has 1 aliphatic carbocycles. The third kappa shape index (κ3) is 3.24. The van der Waals surface area contributed by atoms with Crippen molar-refractivity contribution < 1.29 is 13.2 Å². The van der Waals surface area contributed by atoms with E-state index in [1.54, 1.807) is 12.1 Å². The number of hydrogen-bond acceptors (Lipinski definition) is 4. The number of methoxy groups -OCH3 is 1. The zero-order valence-corrected chi connectivity index (χ0v) is 13.0. The van der Waals surface area contributed by atoms with E-state index in [1.807, 2.05) is 0 Å². The Balaban J connectivity index is 2.25. The van der Waals surface area contributed by atoms with Gasteiger partial charge in [0, 0.05) is 11.7 Å². The Bertz CT molecular complexity index is 596. The first-order valence-corrected chi connectivity index (χ1v) is 8.18. The molecule has 1 unspecified atom stereocenters. The molecule has 0 bridgehead atoms. The van der Waals surface area contributed by atoms with Gasteiger partial charge in [0.05, 0.1) is 7.11 Å². The van der Waals surface area contributed by atoms with Crippen LogP contribution >= 0.6 is 0 Å². The summed E-state index contributed by atoms with van der Waals surface area (Å²) in [4.78, 5) is 0.102. The predicted molar refractivity (Wildman–Crippen MR) is 79.1 cm³/mol. The molecule has 1 saturated carbocycles. The lowest BCUT2D eigenvalue weighted by Gasteiger charge is -2.18. The van der Waals surface area contributed by atoms with Crippen molar-refractivity contribution >= 4 is 15.7 Å². The summed E-state index contributed by atoms with van der Waals surface area (Å²) < 4.78 is 32.9. The van der Waals surface area contributed by atoms with Crippen molar-refractivity contribution in [3.05, 3.63) is 18.2 Å². The van der Waals surface area contributed by atoms with E-state index >= 15 is 0 Å². The number of nitrogens with two attached hydrogens (primary N) is 1. The van der Waals surface area contributed by atoms with E-state index in [1.165, 1.54) is 13.2 Å². The summed E-state index contributed by atoms with van der Waals surface area (Å²) in [6, 6.07) is 4.60. The quantitative estimate of drug-likeness (QED) is 0.834. The highest BCUT2D eigenvalue weighted by Gasteiger charge is 2.34. The van der Waals surface area contributed by atoms with Gasteiger partial charge >= 0.3 is 0 Å². The van der Waals surface area contributed by atoms with Crippen molar-refractivity contribution in [2.24, 2.45) is 5.41 Å². The SMILES string of the molecule is COc1ccc(N)cc1S(=O)(=O)NC1CCC(C)(C)C1. The van der Waals surface area contributed by atoms with Crippen LogP contribution in [0.5, 0.6) is 5.75 Å². The van der Waals surface area contributed by atoms with Crippen LogP contribution in [0.15, 0.2) is 23.1 Å². The number of nitrogen functional groups attached to an aromatic ring is 1. The third-order valence-electron chi connectivity index (χ3n) is 3.77. The zero-order valence-electron chi connectivity index (χ0n) is 12.1. The van der Waals surface area contributed by atoms with E-state index in [0.29, 0.717) is 11.4 Å². The lowest BCUT2D eigenvalue weighted by molar-refractivity contribution is 0.372. The number of rotatable bonds is 4. The molecule has 3 N–H and O–H groups in total. The van der Waals surface area contributed by atoms with Crippen LogP contribution in [0.2, 0.25) is 0 Å². The Morgan fingerprint density at radius 2 is 2.10 bits per heavy atom. The van der Waals surface area contributed by atoms with Gasteiger partial charge in [0.2, 0.25) is 10.0 Å². The predicted octanol–water partition coefficient (Wildman–Crippen LogP) is 2.13. The van der Waals surface area contributed by atoms with E-state index in [4.69, 9.17) is 10.5 Å². The molecule has 1 aliphatic rings. The molecule has 0 heterocycles. The van der Waals surface area contributed by atoms with Gasteiger partial charge < -0.3 is 10.5 Å². The second-order valence-electron chi connectivity index (χ2n) is 6.14. The van der Waals surface area contributed by atoms with Crippen LogP contribution in [0.4, 0.5) is 5.69 Å². The highest BCUT2D eigenvalue weighted by atomic mass is 32.2. The van der Waals surface area contributed by atoms with Crippen molar-refractivity contribution in [1.29, 1.82) is 0 Å². The van der Waals surface area contributed by atoms with Crippen molar-refractivity contribution in [3.63, 3.8) is 0 Å². The molecule has 1 atom stereocenters. The minimum absolute atomic E-state index is 0.0267. The fraction of sp³-hybridized carbons (Fsp3) is 0.571. The molecule has 0 aliphatic heterocycles. The molecule has 6 heteroatoms. The Morgan fingerprint density at radius 1 is 1.40 bits per heavy atom. The second-order valence-corrected chi connectivity index (χ2v) is 7.82. The summed E-state index contributed by atoms with van der Waals surface area (Å²) in [5.74, 6) is 0.309. The number of nitrogens with one attached hydrogen (secondary N) is 1. The number of benzene rings is 1. The van der Waals surface area contributed by atoms with Gasteiger partial charge in [-0.05, 0) is 42.9 Å². The highest BCUT2D eigenvalue weighted by molar-refractivity contribution is 7.89. The van der Waals surface area contributed by atoms with Crippen LogP contribution in [0.3, 0.4) is 0 Å². The molecule has 20 heavy (non-hydrogen) atoms. The van der Waals surface area contributed by atoms with Gasteiger partial charge in [0.25, 0.3) is 0 Å². The summed E-state index contributed by atoms with van der Waals surface area (Å²) in [6.07, 6.45) is 2.72. The molecular weight excluding hydrogens is 276 g/mol. The van der Waals surface area contributed by atoms with Gasteiger partial charge in [-0.3, -0.25) is 0 Å². The Kier molecular flexibility index (Phi) is 3.97. The first kappa shape index (κ1) is 15.1. The molecule has 112 valence electrons. The van der Waals surface area contributed by atoms with Crippen molar-refractivity contribution in [1.82, 2.24) is 4.72 Å². The number of ether oxygens (including phenoxy) is 1. The molecule has 0 spiro atoms. The van der Waals surface area contributed by atoms with Crippen molar-refractivity contribution in [3.8, 4) is 5.75 Å². The number of hydrogen-bond donors (Lipinski definition) is 2. The van der Waals surface area contributed by atoms with Crippen LogP contribution < -0.4 is 15.2 Å². The van der Waals surface area contributed by atoms with E-state index in [9.17, 15) is 8.42 Å². The standard InChI is InChI=1S/C14H22N2O3S/c1-14(2)7-6-11(9-14)16-20(17,18)13-8-10(15)4-5-12(13)19-3/h4-5,8,11,16H,6-7,9,15H2,1-3H3. The molecule has 1 fully saturated rings. The average molecular weight is 298 g/mol. The maximum atomic E-state index is 12.5. The third-order valence-corrected chi connectivity index (χ3v) is 5.31. The minimum Gasteiger partial charge on any atom is -0.495 e. The summed E-state index contributed by atoms with van der Waals surface area (Å²) in [5, 5.41) is 0. The smallest absolute Gasteiger partial charge is 0.244 e. The summed E-state index contributed by atoms with van der Waals surface area (Å²) in [5.41, 5.74) is 6.27. The Morgan fingerprint density at radius 3 is 2.65 bits per heavy atom. The monoisotopic (exact) mass is 298 g/mol. The molecule has 0 saturated heterocycles. The molecule has 2 rings (SSSR count). The van der Waals surface area contributed by atoms with Crippen molar-refractivity contribution in [2.45, 2.75) is 44.0 Å². The van der Waals surface area contributed by atoms with E-state index in [2.05, 4.69) is 18.6 Å². The van der Waals surface area contributed by atoms with E-state index in [-0.39, 0.29) is 16.4 Å². The Hall–Kier alpha value is -1.27. The van der Waals surface area contributed by atoms with Crippen molar-refractivity contribution in [2.75, 3.05) is 12.8 Å². The Labute approximate surface area is 120 Å². The molecule has 5 nitrogen and oxygen atoms in total. The first-order chi connectivity index (χ1) is 9.23. The maximum absolute atomic E-state index is 12.5. The minimum atomic E-state index is -3.61. The van der Waals surface area contributed by atoms with E-state index in [0.717, 1.165) is 19.3 Å². The molecule has 0 amide bonds. The average Bonchev–Trinajstić information content (AvgIpc) is 2.68. The fourth-order valence-corrected chi connectivity index (χ4v) is 4.20. The fourth-order valence-electron chi connectivity index (χ4n) is 2.72. The lowest BCUT2D eigenvalue weighted by Crippen LogP contribution is -2.33. The summed E-state index contributed by atoms with van der Waals surface area (Å²) in [7, 11) is -2.17. The molecule has 1 aromatic rings. The van der Waals surface area contributed by atoms with Crippen LogP contribution in [-0.2, 0) is 10.0 Å². The largest absolute Gasteiger partial charge is 0.495 e. The van der Waals surface area contributed by atoms with Gasteiger partial charge in [-0.25, -0.2) is 13.1 Å². The molecule has 0 radical (unpaired) electrons. The summed E-state index contributed by atoms with van der Waals surface area (Å²) in [6.45, 7) is 4.31. The van der Waals surface area contributed by atoms with E-state index < -0.39 is 10.0 Å². The molecule has 1 aromatic carbocycles.